The average molecular weight is 236 g/mol. The molecule has 0 aromatic heterocycles. The van der Waals surface area contributed by atoms with Crippen molar-refractivity contribution in [1.29, 1.82) is 0 Å². The Morgan fingerprint density at radius 3 is 2.69 bits per heavy atom. The third-order valence-electron chi connectivity index (χ3n) is 4.41. The maximum atomic E-state index is 6.26. The van der Waals surface area contributed by atoms with Crippen molar-refractivity contribution in [2.45, 2.75) is 31.7 Å². The van der Waals surface area contributed by atoms with Gasteiger partial charge in [-0.05, 0) is 42.9 Å². The Morgan fingerprint density at radius 1 is 1.25 bits per heavy atom. The Morgan fingerprint density at radius 2 is 2.06 bits per heavy atom. The third kappa shape index (κ3) is 1.49. The Labute approximate surface area is 102 Å². The number of hydrogen-bond acceptors (Lipinski definition) is 1. The summed E-state index contributed by atoms with van der Waals surface area (Å²) in [6.07, 6.45) is 1.17. The monoisotopic (exact) mass is 235 g/mol. The molecule has 0 radical (unpaired) electrons. The molecule has 2 aliphatic rings. The summed E-state index contributed by atoms with van der Waals surface area (Å²) >= 11 is 6.26. The lowest BCUT2D eigenvalue weighted by Gasteiger charge is -2.27. The average Bonchev–Trinajstić information content (AvgIpc) is 2.80. The first-order valence-electron chi connectivity index (χ1n) is 6.11. The highest BCUT2D eigenvalue weighted by Crippen LogP contribution is 2.44. The van der Waals surface area contributed by atoms with Crippen molar-refractivity contribution >= 4 is 11.6 Å². The second kappa shape index (κ2) is 3.75. The minimum absolute atomic E-state index is 0.298. The molecule has 3 rings (SSSR count). The van der Waals surface area contributed by atoms with Crippen LogP contribution in [0.5, 0.6) is 0 Å². The van der Waals surface area contributed by atoms with E-state index in [1.807, 2.05) is 0 Å². The fourth-order valence-electron chi connectivity index (χ4n) is 3.30. The molecule has 2 aliphatic heterocycles. The van der Waals surface area contributed by atoms with Gasteiger partial charge in [0, 0.05) is 19.0 Å². The largest absolute Gasteiger partial charge is 0.287 e. The van der Waals surface area contributed by atoms with Crippen LogP contribution in [0.2, 0.25) is 0 Å². The van der Waals surface area contributed by atoms with Crippen LogP contribution < -0.4 is 0 Å². The van der Waals surface area contributed by atoms with Crippen molar-refractivity contribution in [3.8, 4) is 0 Å². The highest BCUT2D eigenvalue weighted by atomic mass is 35.5. The van der Waals surface area contributed by atoms with Crippen LogP contribution in [0.3, 0.4) is 0 Å². The van der Waals surface area contributed by atoms with Gasteiger partial charge in [-0.1, -0.05) is 18.2 Å². The lowest BCUT2D eigenvalue weighted by atomic mass is 9.83. The number of hydrogen-bond donors (Lipinski definition) is 0. The number of fused-ring (bicyclic) bond motifs is 2. The molecule has 86 valence electrons. The molecule has 4 atom stereocenters. The lowest BCUT2D eigenvalue weighted by molar-refractivity contribution is 0.314. The van der Waals surface area contributed by atoms with Crippen molar-refractivity contribution < 1.29 is 0 Å². The summed E-state index contributed by atoms with van der Waals surface area (Å²) in [5, 5.41) is 0. The summed E-state index contributed by atoms with van der Waals surface area (Å²) in [6, 6.07) is 6.70. The smallest absolute Gasteiger partial charge is 0.0854 e. The van der Waals surface area contributed by atoms with E-state index < -0.39 is 0 Å². The van der Waals surface area contributed by atoms with Gasteiger partial charge in [0.1, 0.15) is 0 Å². The number of piperidine rings is 1. The van der Waals surface area contributed by atoms with E-state index in [1.54, 1.807) is 5.56 Å². The Hall–Kier alpha value is -0.530. The Balaban J connectivity index is 1.92. The van der Waals surface area contributed by atoms with E-state index in [-0.39, 0.29) is 0 Å². The zero-order valence-corrected chi connectivity index (χ0v) is 10.7. The molecule has 0 saturated carbocycles. The summed E-state index contributed by atoms with van der Waals surface area (Å²) in [5.74, 6) is 1.50. The maximum Gasteiger partial charge on any atom is 0.0854 e. The molecular weight excluding hydrogens is 218 g/mol. The van der Waals surface area contributed by atoms with Crippen molar-refractivity contribution in [3.63, 3.8) is 0 Å². The number of aryl methyl sites for hydroxylation is 1. The van der Waals surface area contributed by atoms with Crippen molar-refractivity contribution in [1.82, 2.24) is 4.90 Å². The predicted octanol–water partition coefficient (Wildman–Crippen LogP) is 3.29. The molecule has 0 N–H and O–H groups in total. The lowest BCUT2D eigenvalue weighted by Crippen LogP contribution is -2.28. The molecule has 0 aliphatic carbocycles. The van der Waals surface area contributed by atoms with Crippen LogP contribution in [0, 0.1) is 19.8 Å². The number of alkyl halides is 1. The molecule has 1 aromatic carbocycles. The van der Waals surface area contributed by atoms with Gasteiger partial charge in [-0.3, -0.25) is 4.90 Å². The van der Waals surface area contributed by atoms with Crippen LogP contribution in [0.25, 0.3) is 0 Å². The predicted molar refractivity (Wildman–Crippen MR) is 68.0 cm³/mol. The van der Waals surface area contributed by atoms with E-state index >= 15 is 0 Å². The summed E-state index contributed by atoms with van der Waals surface area (Å²) in [5.41, 5.74) is 4.74. The van der Waals surface area contributed by atoms with Crippen LogP contribution >= 0.6 is 11.6 Å². The fourth-order valence-corrected chi connectivity index (χ4v) is 3.69. The van der Waals surface area contributed by atoms with Gasteiger partial charge in [-0.25, -0.2) is 0 Å². The summed E-state index contributed by atoms with van der Waals surface area (Å²) < 4.78 is 0. The van der Waals surface area contributed by atoms with Crippen LogP contribution in [0.4, 0.5) is 0 Å². The standard InChI is InChI=1S/C14H18ClN/c1-9-4-3-5-12(10(9)2)13-8-16-7-11(13)6-14(16)15/h3-5,11,13-14H,6-8H2,1-2H3/t11-,13+,14+/m0/s1. The van der Waals surface area contributed by atoms with Crippen LogP contribution in [-0.2, 0) is 0 Å². The molecule has 1 nitrogen and oxygen atoms in total. The summed E-state index contributed by atoms with van der Waals surface area (Å²) in [6.45, 7) is 6.82. The van der Waals surface area contributed by atoms with Crippen LogP contribution in [0.1, 0.15) is 29.0 Å². The minimum Gasteiger partial charge on any atom is -0.287 e. The molecule has 1 unspecified atom stereocenters. The van der Waals surface area contributed by atoms with Gasteiger partial charge in [-0.15, -0.1) is 11.6 Å². The van der Waals surface area contributed by atoms with E-state index in [1.165, 1.54) is 24.1 Å². The molecule has 2 heteroatoms. The quantitative estimate of drug-likeness (QED) is 0.533. The van der Waals surface area contributed by atoms with Gasteiger partial charge in [0.2, 0.25) is 0 Å². The summed E-state index contributed by atoms with van der Waals surface area (Å²) in [7, 11) is 0. The van der Waals surface area contributed by atoms with Gasteiger partial charge < -0.3 is 0 Å². The fraction of sp³-hybridized carbons (Fsp3) is 0.571. The van der Waals surface area contributed by atoms with E-state index in [9.17, 15) is 0 Å². The number of nitrogens with zero attached hydrogens (tertiary/aromatic N) is 1. The van der Waals surface area contributed by atoms with Gasteiger partial charge >= 0.3 is 0 Å². The number of benzene rings is 1. The molecule has 0 amide bonds. The number of halogens is 1. The SMILES string of the molecule is Cc1cccc([C@@H]2CN3C[C@@H]2C[C@@H]3Cl)c1C. The molecule has 2 bridgehead atoms. The second-order valence-electron chi connectivity index (χ2n) is 5.28. The normalized spacial score (nSPS) is 36.9. The van der Waals surface area contributed by atoms with Crippen molar-refractivity contribution in [2.75, 3.05) is 13.1 Å². The molecule has 2 saturated heterocycles. The molecule has 1 aromatic rings. The Bertz CT molecular complexity index is 413. The molecule has 2 heterocycles. The molecule has 0 spiro atoms. The van der Waals surface area contributed by atoms with E-state index in [2.05, 4.69) is 36.9 Å². The van der Waals surface area contributed by atoms with E-state index in [4.69, 9.17) is 11.6 Å². The third-order valence-corrected chi connectivity index (χ3v) is 4.86. The van der Waals surface area contributed by atoms with Gasteiger partial charge in [0.25, 0.3) is 0 Å². The van der Waals surface area contributed by atoms with Crippen molar-refractivity contribution in [3.05, 3.63) is 34.9 Å². The first kappa shape index (κ1) is 10.6. The summed E-state index contributed by atoms with van der Waals surface area (Å²) in [4.78, 5) is 2.43. The minimum atomic E-state index is 0.298. The zero-order chi connectivity index (χ0) is 11.3. The van der Waals surface area contributed by atoms with Crippen molar-refractivity contribution in [2.24, 2.45) is 5.92 Å². The highest BCUT2D eigenvalue weighted by Gasteiger charge is 2.44. The molecule has 16 heavy (non-hydrogen) atoms. The topological polar surface area (TPSA) is 3.24 Å². The Kier molecular flexibility index (Phi) is 2.49. The first-order chi connectivity index (χ1) is 7.66. The van der Waals surface area contributed by atoms with Gasteiger partial charge in [0.15, 0.2) is 0 Å². The maximum absolute atomic E-state index is 6.26. The van der Waals surface area contributed by atoms with Gasteiger partial charge in [-0.2, -0.15) is 0 Å². The van der Waals surface area contributed by atoms with E-state index in [0.29, 0.717) is 5.50 Å². The highest BCUT2D eigenvalue weighted by molar-refractivity contribution is 6.20. The molecular formula is C14H18ClN. The van der Waals surface area contributed by atoms with Gasteiger partial charge in [0.05, 0.1) is 5.50 Å². The first-order valence-corrected chi connectivity index (χ1v) is 6.54. The zero-order valence-electron chi connectivity index (χ0n) is 9.91. The second-order valence-corrected chi connectivity index (χ2v) is 5.78. The molecule has 2 fully saturated rings. The van der Waals surface area contributed by atoms with E-state index in [0.717, 1.165) is 18.4 Å². The van der Waals surface area contributed by atoms with Crippen LogP contribution in [-0.4, -0.2) is 23.5 Å². The van der Waals surface area contributed by atoms with Crippen LogP contribution in [0.15, 0.2) is 18.2 Å². The number of rotatable bonds is 1.